The summed E-state index contributed by atoms with van der Waals surface area (Å²) in [6.45, 7) is 3.00. The number of carbonyl (C=O) groups is 2. The van der Waals surface area contributed by atoms with Crippen molar-refractivity contribution >= 4 is 11.9 Å². The van der Waals surface area contributed by atoms with Crippen LogP contribution in [-0.2, 0) is 31.0 Å². The van der Waals surface area contributed by atoms with Crippen molar-refractivity contribution in [1.82, 2.24) is 45.1 Å². The lowest BCUT2D eigenvalue weighted by Crippen LogP contribution is -2.38. The van der Waals surface area contributed by atoms with E-state index >= 15 is 0 Å². The van der Waals surface area contributed by atoms with Crippen LogP contribution in [0.5, 0.6) is 0 Å². The Morgan fingerprint density at radius 2 is 2.15 bits per heavy atom. The van der Waals surface area contributed by atoms with Gasteiger partial charge in [-0.1, -0.05) is 0 Å². The summed E-state index contributed by atoms with van der Waals surface area (Å²) in [6, 6.07) is 1.96. The molecule has 0 spiro atoms. The SMILES string of the molecule is CN(C)C(=O)N1CCCn2nc(CNC(=O)CCCn3cnnn3)cc2C1. The van der Waals surface area contributed by atoms with Gasteiger partial charge in [0.2, 0.25) is 5.91 Å². The fourth-order valence-corrected chi connectivity index (χ4v) is 3.02. The molecular weight excluding hydrogens is 350 g/mol. The number of tetrazole rings is 1. The van der Waals surface area contributed by atoms with Gasteiger partial charge in [0.05, 0.1) is 24.5 Å². The largest absolute Gasteiger partial charge is 0.350 e. The molecule has 0 aromatic carbocycles. The first-order chi connectivity index (χ1) is 13.0. The molecule has 0 unspecified atom stereocenters. The molecule has 1 aliphatic rings. The summed E-state index contributed by atoms with van der Waals surface area (Å²) in [6.07, 6.45) is 3.45. The van der Waals surface area contributed by atoms with Gasteiger partial charge in [-0.05, 0) is 29.3 Å². The van der Waals surface area contributed by atoms with Crippen LogP contribution in [0.25, 0.3) is 0 Å². The lowest BCUT2D eigenvalue weighted by Gasteiger charge is -2.23. The first-order valence-corrected chi connectivity index (χ1v) is 9.02. The number of urea groups is 1. The molecule has 2 aromatic rings. The topological polar surface area (TPSA) is 114 Å². The van der Waals surface area contributed by atoms with Crippen LogP contribution in [0.4, 0.5) is 4.79 Å². The standard InChI is InChI=1S/C16H25N9O2/c1-22(2)16(27)23-6-4-8-25-14(11-23)9-13(19-25)10-17-15(26)5-3-7-24-12-18-20-21-24/h9,12H,3-8,10-11H2,1-2H3,(H,17,26). The molecule has 11 nitrogen and oxygen atoms in total. The first-order valence-electron chi connectivity index (χ1n) is 9.02. The van der Waals surface area contributed by atoms with E-state index in [-0.39, 0.29) is 11.9 Å². The summed E-state index contributed by atoms with van der Waals surface area (Å²) < 4.78 is 3.53. The fraction of sp³-hybridized carbons (Fsp3) is 0.625. The maximum atomic E-state index is 12.2. The van der Waals surface area contributed by atoms with Crippen molar-refractivity contribution in [1.29, 1.82) is 0 Å². The normalized spacial score (nSPS) is 13.8. The number of nitrogens with one attached hydrogen (secondary N) is 1. The lowest BCUT2D eigenvalue weighted by molar-refractivity contribution is -0.121. The molecule has 0 fully saturated rings. The average molecular weight is 375 g/mol. The van der Waals surface area contributed by atoms with Crippen LogP contribution in [0, 0.1) is 0 Å². The van der Waals surface area contributed by atoms with E-state index in [9.17, 15) is 9.59 Å². The third-order valence-corrected chi connectivity index (χ3v) is 4.37. The van der Waals surface area contributed by atoms with Gasteiger partial charge < -0.3 is 15.1 Å². The molecule has 3 heterocycles. The van der Waals surface area contributed by atoms with Crippen LogP contribution in [0.2, 0.25) is 0 Å². The summed E-state index contributed by atoms with van der Waals surface area (Å²) in [5.74, 6) is -0.0318. The number of aryl methyl sites for hydroxylation is 2. The van der Waals surface area contributed by atoms with Crippen LogP contribution in [0.15, 0.2) is 12.4 Å². The van der Waals surface area contributed by atoms with E-state index in [0.29, 0.717) is 39.0 Å². The molecule has 0 saturated heterocycles. The molecule has 0 atom stereocenters. The predicted molar refractivity (Wildman–Crippen MR) is 95.2 cm³/mol. The minimum absolute atomic E-state index is 0.00193. The highest BCUT2D eigenvalue weighted by Gasteiger charge is 2.21. The van der Waals surface area contributed by atoms with Crippen LogP contribution in [0.3, 0.4) is 0 Å². The number of hydrogen-bond acceptors (Lipinski definition) is 6. The molecule has 146 valence electrons. The van der Waals surface area contributed by atoms with E-state index < -0.39 is 0 Å². The average Bonchev–Trinajstić information content (AvgIpc) is 3.25. The van der Waals surface area contributed by atoms with E-state index in [1.807, 2.05) is 15.6 Å². The summed E-state index contributed by atoms with van der Waals surface area (Å²) in [5, 5.41) is 18.3. The molecule has 0 saturated carbocycles. The molecule has 2 aromatic heterocycles. The minimum Gasteiger partial charge on any atom is -0.350 e. The van der Waals surface area contributed by atoms with Gasteiger partial charge in [0.15, 0.2) is 0 Å². The maximum Gasteiger partial charge on any atom is 0.319 e. The number of carbonyl (C=O) groups excluding carboxylic acids is 2. The van der Waals surface area contributed by atoms with Gasteiger partial charge in [-0.2, -0.15) is 5.10 Å². The van der Waals surface area contributed by atoms with Gasteiger partial charge in [-0.3, -0.25) is 9.48 Å². The number of rotatable bonds is 6. The van der Waals surface area contributed by atoms with Crippen LogP contribution in [-0.4, -0.2) is 72.4 Å². The Morgan fingerprint density at radius 1 is 1.30 bits per heavy atom. The van der Waals surface area contributed by atoms with E-state index in [0.717, 1.165) is 24.4 Å². The number of hydrogen-bond donors (Lipinski definition) is 1. The summed E-state index contributed by atoms with van der Waals surface area (Å²) in [7, 11) is 3.51. The maximum absolute atomic E-state index is 12.2. The minimum atomic E-state index is -0.0318. The van der Waals surface area contributed by atoms with Gasteiger partial charge in [0.1, 0.15) is 6.33 Å². The molecule has 0 bridgehead atoms. The smallest absolute Gasteiger partial charge is 0.319 e. The second kappa shape index (κ2) is 8.60. The Kier molecular flexibility index (Phi) is 5.99. The van der Waals surface area contributed by atoms with Gasteiger partial charge in [-0.15, -0.1) is 5.10 Å². The monoisotopic (exact) mass is 375 g/mol. The summed E-state index contributed by atoms with van der Waals surface area (Å²) in [5.41, 5.74) is 1.80. The molecule has 0 aliphatic carbocycles. The number of aromatic nitrogens is 6. The second-order valence-electron chi connectivity index (χ2n) is 6.76. The number of amides is 3. The van der Waals surface area contributed by atoms with Crippen molar-refractivity contribution in [3.8, 4) is 0 Å². The highest BCUT2D eigenvalue weighted by atomic mass is 16.2. The Labute approximate surface area is 157 Å². The van der Waals surface area contributed by atoms with Gasteiger partial charge in [-0.25, -0.2) is 9.48 Å². The number of nitrogens with zero attached hydrogens (tertiary/aromatic N) is 8. The molecule has 27 heavy (non-hydrogen) atoms. The highest BCUT2D eigenvalue weighted by molar-refractivity contribution is 5.75. The van der Waals surface area contributed by atoms with E-state index in [2.05, 4.69) is 25.9 Å². The Bertz CT molecular complexity index is 769. The molecule has 1 N–H and O–H groups in total. The van der Waals surface area contributed by atoms with Gasteiger partial charge in [0, 0.05) is 40.2 Å². The first kappa shape index (κ1) is 18.8. The van der Waals surface area contributed by atoms with Gasteiger partial charge in [0.25, 0.3) is 0 Å². The van der Waals surface area contributed by atoms with Gasteiger partial charge >= 0.3 is 6.03 Å². The third-order valence-electron chi connectivity index (χ3n) is 4.37. The zero-order valence-corrected chi connectivity index (χ0v) is 15.7. The van der Waals surface area contributed by atoms with Crippen LogP contribution < -0.4 is 5.32 Å². The molecule has 11 heteroatoms. The Hall–Kier alpha value is -2.98. The predicted octanol–water partition coefficient (Wildman–Crippen LogP) is -0.146. The lowest BCUT2D eigenvalue weighted by atomic mass is 10.3. The van der Waals surface area contributed by atoms with E-state index in [1.165, 1.54) is 6.33 Å². The third kappa shape index (κ3) is 5.02. The number of fused-ring (bicyclic) bond motifs is 1. The van der Waals surface area contributed by atoms with Crippen molar-refractivity contribution in [3.05, 3.63) is 23.8 Å². The second-order valence-corrected chi connectivity index (χ2v) is 6.76. The zero-order chi connectivity index (χ0) is 19.2. The molecular formula is C16H25N9O2. The molecule has 3 rings (SSSR count). The van der Waals surface area contributed by atoms with E-state index in [1.54, 1.807) is 23.7 Å². The quantitative estimate of drug-likeness (QED) is 0.751. The Balaban J connectivity index is 1.48. The van der Waals surface area contributed by atoms with Crippen molar-refractivity contribution < 1.29 is 9.59 Å². The fourth-order valence-electron chi connectivity index (χ4n) is 3.02. The Morgan fingerprint density at radius 3 is 2.89 bits per heavy atom. The van der Waals surface area contributed by atoms with Crippen molar-refractivity contribution in [2.24, 2.45) is 0 Å². The highest BCUT2D eigenvalue weighted by Crippen LogP contribution is 2.15. The molecule has 0 radical (unpaired) electrons. The zero-order valence-electron chi connectivity index (χ0n) is 15.7. The van der Waals surface area contributed by atoms with Crippen molar-refractivity contribution in [3.63, 3.8) is 0 Å². The summed E-state index contributed by atoms with van der Waals surface area (Å²) >= 11 is 0. The molecule has 3 amide bonds. The van der Waals surface area contributed by atoms with Crippen molar-refractivity contribution in [2.75, 3.05) is 20.6 Å². The van der Waals surface area contributed by atoms with Crippen LogP contribution >= 0.6 is 0 Å². The van der Waals surface area contributed by atoms with Crippen LogP contribution in [0.1, 0.15) is 30.7 Å². The van der Waals surface area contributed by atoms with Crippen molar-refractivity contribution in [2.45, 2.75) is 45.4 Å². The van der Waals surface area contributed by atoms with E-state index in [4.69, 9.17) is 0 Å². The molecule has 1 aliphatic heterocycles. The summed E-state index contributed by atoms with van der Waals surface area (Å²) in [4.78, 5) is 27.6.